The molecule has 4 fully saturated rings. The Morgan fingerprint density at radius 2 is 1.91 bits per heavy atom. The van der Waals surface area contributed by atoms with E-state index in [-0.39, 0.29) is 17.5 Å². The van der Waals surface area contributed by atoms with Gasteiger partial charge in [0.25, 0.3) is 5.95 Å². The highest BCUT2D eigenvalue weighted by Gasteiger charge is 2.52. The molecule has 8 nitrogen and oxygen atoms in total. The third-order valence-corrected chi connectivity index (χ3v) is 7.70. The van der Waals surface area contributed by atoms with Crippen LogP contribution in [0, 0.1) is 5.82 Å². The Morgan fingerprint density at radius 1 is 1.09 bits per heavy atom. The average Bonchev–Trinajstić information content (AvgIpc) is 3.51. The summed E-state index contributed by atoms with van der Waals surface area (Å²) in [5.74, 6) is 1.62. The van der Waals surface area contributed by atoms with E-state index in [1.807, 2.05) is 6.07 Å². The molecule has 5 heterocycles. The van der Waals surface area contributed by atoms with Crippen LogP contribution in [0.15, 0.2) is 29.1 Å². The maximum atomic E-state index is 14.1. The van der Waals surface area contributed by atoms with Crippen LogP contribution in [0.5, 0.6) is 5.75 Å². The molecule has 2 aromatic rings. The quantitative estimate of drug-likeness (QED) is 0.677. The number of likely N-dealkylation sites (tertiary alicyclic amines) is 1. The van der Waals surface area contributed by atoms with Gasteiger partial charge in [0.1, 0.15) is 23.3 Å². The van der Waals surface area contributed by atoms with E-state index < -0.39 is 0 Å². The van der Waals surface area contributed by atoms with E-state index in [9.17, 15) is 4.39 Å². The van der Waals surface area contributed by atoms with Crippen molar-refractivity contribution in [2.24, 2.45) is 0 Å². The molecule has 1 atom stereocenters. The number of halogens is 1. The second kappa shape index (κ2) is 8.85. The van der Waals surface area contributed by atoms with Gasteiger partial charge in [-0.05, 0) is 61.6 Å². The van der Waals surface area contributed by atoms with Crippen LogP contribution < -0.4 is 9.64 Å². The van der Waals surface area contributed by atoms with E-state index in [1.165, 1.54) is 12.5 Å². The van der Waals surface area contributed by atoms with Crippen LogP contribution in [-0.4, -0.2) is 78.8 Å². The van der Waals surface area contributed by atoms with Crippen molar-refractivity contribution >= 4 is 5.95 Å². The summed E-state index contributed by atoms with van der Waals surface area (Å²) >= 11 is 0. The molecule has 4 aliphatic rings. The second-order valence-electron chi connectivity index (χ2n) is 9.86. The molecule has 33 heavy (non-hydrogen) atoms. The predicted octanol–water partition coefficient (Wildman–Crippen LogP) is 2.99. The van der Waals surface area contributed by atoms with Gasteiger partial charge in [0.15, 0.2) is 0 Å². The Hall–Kier alpha value is -2.23. The van der Waals surface area contributed by atoms with Gasteiger partial charge in [-0.15, -0.1) is 0 Å². The van der Waals surface area contributed by atoms with Crippen molar-refractivity contribution in [1.82, 2.24) is 15.0 Å². The molecule has 0 bridgehead atoms. The summed E-state index contributed by atoms with van der Waals surface area (Å²) < 4.78 is 37.0. The fourth-order valence-electron chi connectivity index (χ4n) is 5.86. The molecule has 0 radical (unpaired) electrons. The maximum absolute atomic E-state index is 14.1. The third kappa shape index (κ3) is 4.34. The Bertz CT molecular complexity index is 938. The fraction of sp³-hybridized carbons (Fsp3) is 0.667. The monoisotopic (exact) mass is 458 g/mol. The van der Waals surface area contributed by atoms with Crippen molar-refractivity contribution in [2.45, 2.75) is 55.8 Å². The van der Waals surface area contributed by atoms with Crippen molar-refractivity contribution in [3.63, 3.8) is 0 Å². The number of hydrogen-bond acceptors (Lipinski definition) is 8. The van der Waals surface area contributed by atoms with E-state index >= 15 is 0 Å². The minimum atomic E-state index is -0.186. The number of anilines is 1. The predicted molar refractivity (Wildman–Crippen MR) is 118 cm³/mol. The molecule has 1 spiro atoms. The molecule has 0 unspecified atom stereocenters. The number of benzene rings is 1. The summed E-state index contributed by atoms with van der Waals surface area (Å²) in [4.78, 5) is 8.78. The molecular weight excluding hydrogens is 427 g/mol. The number of hydrogen-bond donors (Lipinski definition) is 0. The summed E-state index contributed by atoms with van der Waals surface area (Å²) in [7, 11) is 0. The number of nitrogens with zero attached hydrogens (tertiary/aromatic N) is 4. The first-order valence-electron chi connectivity index (χ1n) is 12.1. The SMILES string of the molecule is Fc1ccc(OC2CCOCC2)c(C2CCN([C@@H]3COC4(C3)CN(c3ncon3)C4)CC2)c1. The second-order valence-corrected chi connectivity index (χ2v) is 9.86. The summed E-state index contributed by atoms with van der Waals surface area (Å²) in [5, 5.41) is 3.92. The van der Waals surface area contributed by atoms with Crippen LogP contribution in [0.2, 0.25) is 0 Å². The highest BCUT2D eigenvalue weighted by Crippen LogP contribution is 2.41. The van der Waals surface area contributed by atoms with E-state index in [4.69, 9.17) is 18.7 Å². The molecule has 6 rings (SSSR count). The largest absolute Gasteiger partial charge is 0.490 e. The first kappa shape index (κ1) is 21.3. The van der Waals surface area contributed by atoms with Gasteiger partial charge in [-0.1, -0.05) is 0 Å². The zero-order chi connectivity index (χ0) is 22.3. The van der Waals surface area contributed by atoms with Crippen LogP contribution >= 0.6 is 0 Å². The highest BCUT2D eigenvalue weighted by atomic mass is 19.1. The summed E-state index contributed by atoms with van der Waals surface area (Å²) in [5.41, 5.74) is 0.935. The van der Waals surface area contributed by atoms with E-state index in [0.717, 1.165) is 89.4 Å². The average molecular weight is 459 g/mol. The Morgan fingerprint density at radius 3 is 2.67 bits per heavy atom. The molecule has 1 aromatic carbocycles. The van der Waals surface area contributed by atoms with Crippen molar-refractivity contribution < 1.29 is 23.1 Å². The molecule has 9 heteroatoms. The number of ether oxygens (including phenoxy) is 3. The van der Waals surface area contributed by atoms with E-state index in [0.29, 0.717) is 17.9 Å². The van der Waals surface area contributed by atoms with Crippen molar-refractivity contribution in [2.75, 3.05) is 50.9 Å². The van der Waals surface area contributed by atoms with Crippen LogP contribution in [0.3, 0.4) is 0 Å². The van der Waals surface area contributed by atoms with Crippen LogP contribution in [0.1, 0.15) is 43.6 Å². The molecule has 4 saturated heterocycles. The van der Waals surface area contributed by atoms with Gasteiger partial charge in [-0.2, -0.15) is 4.98 Å². The lowest BCUT2D eigenvalue weighted by Gasteiger charge is -2.46. The highest BCUT2D eigenvalue weighted by molar-refractivity contribution is 5.38. The summed E-state index contributed by atoms with van der Waals surface area (Å²) in [6, 6.07) is 5.44. The van der Waals surface area contributed by atoms with Crippen LogP contribution in [-0.2, 0) is 9.47 Å². The molecule has 0 saturated carbocycles. The lowest BCUT2D eigenvalue weighted by atomic mass is 9.86. The zero-order valence-electron chi connectivity index (χ0n) is 18.8. The summed E-state index contributed by atoms with van der Waals surface area (Å²) in [6.45, 7) is 5.86. The van der Waals surface area contributed by atoms with Crippen molar-refractivity contribution in [3.8, 4) is 5.75 Å². The molecule has 0 aliphatic carbocycles. The normalized spacial score (nSPS) is 26.6. The topological polar surface area (TPSA) is 73.1 Å². The van der Waals surface area contributed by atoms with Gasteiger partial charge in [0, 0.05) is 24.4 Å². The van der Waals surface area contributed by atoms with Gasteiger partial charge < -0.3 is 23.6 Å². The maximum Gasteiger partial charge on any atom is 0.266 e. The van der Waals surface area contributed by atoms with E-state index in [2.05, 4.69) is 19.9 Å². The number of rotatable bonds is 5. The minimum Gasteiger partial charge on any atom is -0.490 e. The van der Waals surface area contributed by atoms with Crippen LogP contribution in [0.4, 0.5) is 10.3 Å². The van der Waals surface area contributed by atoms with Gasteiger partial charge in [-0.25, -0.2) is 4.39 Å². The Balaban J connectivity index is 1.05. The first-order chi connectivity index (χ1) is 16.2. The van der Waals surface area contributed by atoms with Gasteiger partial charge in [-0.3, -0.25) is 4.90 Å². The van der Waals surface area contributed by atoms with E-state index in [1.54, 1.807) is 6.07 Å². The summed E-state index contributed by atoms with van der Waals surface area (Å²) in [6.07, 6.45) is 6.35. The zero-order valence-corrected chi connectivity index (χ0v) is 18.8. The molecule has 0 amide bonds. The van der Waals surface area contributed by atoms with Gasteiger partial charge in [0.2, 0.25) is 6.39 Å². The molecule has 178 valence electrons. The Kier molecular flexibility index (Phi) is 5.72. The number of piperidine rings is 1. The van der Waals surface area contributed by atoms with Crippen LogP contribution in [0.25, 0.3) is 0 Å². The smallest absolute Gasteiger partial charge is 0.266 e. The molecular formula is C24H31FN4O4. The van der Waals surface area contributed by atoms with Gasteiger partial charge >= 0.3 is 0 Å². The first-order valence-corrected chi connectivity index (χ1v) is 12.1. The third-order valence-electron chi connectivity index (χ3n) is 7.70. The van der Waals surface area contributed by atoms with Crippen molar-refractivity contribution in [1.29, 1.82) is 0 Å². The fourth-order valence-corrected chi connectivity index (χ4v) is 5.86. The number of aromatic nitrogens is 2. The molecule has 1 aromatic heterocycles. The molecule has 4 aliphatic heterocycles. The van der Waals surface area contributed by atoms with Gasteiger partial charge in [0.05, 0.1) is 32.9 Å². The lowest BCUT2D eigenvalue weighted by molar-refractivity contribution is -0.0203. The molecule has 0 N–H and O–H groups in total. The lowest BCUT2D eigenvalue weighted by Crippen LogP contribution is -2.62. The Labute approximate surface area is 193 Å². The van der Waals surface area contributed by atoms with Crippen molar-refractivity contribution in [3.05, 3.63) is 36.0 Å². The minimum absolute atomic E-state index is 0.0879. The standard InChI is InChI=1S/C24H31FN4O4/c25-18-1-2-22(33-20-5-9-30-10-6-20)21(11-18)17-3-7-28(8-4-17)19-12-24(31-13-19)14-29(15-24)23-26-16-32-27-23/h1-2,11,16-17,19-20H,3-10,12-15H2/t19-/m0/s1.